The normalized spacial score (nSPS) is 27.3. The lowest BCUT2D eigenvalue weighted by atomic mass is 9.74. The van der Waals surface area contributed by atoms with Crippen molar-refractivity contribution in [2.75, 3.05) is 51.8 Å². The summed E-state index contributed by atoms with van der Waals surface area (Å²) in [7, 11) is 3.89. The van der Waals surface area contributed by atoms with Crippen molar-refractivity contribution in [3.8, 4) is 12.1 Å². The summed E-state index contributed by atoms with van der Waals surface area (Å²) in [6, 6.07) is 11.1. The summed E-state index contributed by atoms with van der Waals surface area (Å²) in [5.41, 5.74) is 3.80. The summed E-state index contributed by atoms with van der Waals surface area (Å²) in [4.78, 5) is 28.8. The van der Waals surface area contributed by atoms with E-state index in [0.717, 1.165) is 54.9 Å². The molecule has 1 aromatic heterocycles. The molecule has 3 unspecified atom stereocenters. The maximum atomic E-state index is 12.5. The summed E-state index contributed by atoms with van der Waals surface area (Å²) in [6.45, 7) is 7.40. The Balaban J connectivity index is 1.34. The number of piperazine rings is 1. The lowest BCUT2D eigenvalue weighted by molar-refractivity contribution is -0.166. The highest BCUT2D eigenvalue weighted by Gasteiger charge is 2.48. The summed E-state index contributed by atoms with van der Waals surface area (Å²) < 4.78 is 19.1. The van der Waals surface area contributed by atoms with Crippen LogP contribution >= 0.6 is 0 Å². The summed E-state index contributed by atoms with van der Waals surface area (Å²) in [5.74, 6) is 0.690. The fourth-order valence-electron chi connectivity index (χ4n) is 7.22. The van der Waals surface area contributed by atoms with Crippen LogP contribution < -0.4 is 9.64 Å². The number of hydrogen-bond acceptors (Lipinski definition) is 9. The largest absolute Gasteiger partial charge is 0.462 e. The minimum Gasteiger partial charge on any atom is -0.462 e. The van der Waals surface area contributed by atoms with Gasteiger partial charge >= 0.3 is 6.01 Å². The molecule has 4 aliphatic rings. The predicted octanol–water partition coefficient (Wildman–Crippen LogP) is 3.21. The average molecular weight is 573 g/mol. The molecular formula is C32H40N6O4. The van der Waals surface area contributed by atoms with E-state index in [1.807, 2.05) is 6.07 Å². The Kier molecular flexibility index (Phi) is 8.17. The molecule has 6 rings (SSSR count). The van der Waals surface area contributed by atoms with Gasteiger partial charge in [-0.15, -0.1) is 0 Å². The number of anilines is 1. The first-order valence-electron chi connectivity index (χ1n) is 15.0. The van der Waals surface area contributed by atoms with Crippen LogP contribution in [-0.2, 0) is 33.7 Å². The predicted molar refractivity (Wildman–Crippen MR) is 157 cm³/mol. The molecule has 3 aliphatic heterocycles. The van der Waals surface area contributed by atoms with E-state index in [-0.39, 0.29) is 24.5 Å². The van der Waals surface area contributed by atoms with E-state index in [2.05, 4.69) is 47.7 Å². The third-order valence-corrected chi connectivity index (χ3v) is 9.52. The zero-order valence-electron chi connectivity index (χ0n) is 24.6. The first-order valence-corrected chi connectivity index (χ1v) is 15.0. The molecule has 222 valence electrons. The van der Waals surface area contributed by atoms with Crippen LogP contribution in [0.25, 0.3) is 0 Å². The van der Waals surface area contributed by atoms with Gasteiger partial charge in [-0.3, -0.25) is 4.79 Å². The van der Waals surface area contributed by atoms with Crippen LogP contribution in [-0.4, -0.2) is 90.3 Å². The number of nitriles is 1. The van der Waals surface area contributed by atoms with Gasteiger partial charge in [-0.2, -0.15) is 15.2 Å². The van der Waals surface area contributed by atoms with Crippen LogP contribution in [0, 0.1) is 11.3 Å². The molecule has 4 atom stereocenters. The maximum absolute atomic E-state index is 12.5. The smallest absolute Gasteiger partial charge is 0.318 e. The van der Waals surface area contributed by atoms with Crippen molar-refractivity contribution in [2.24, 2.45) is 0 Å². The quantitative estimate of drug-likeness (QED) is 0.463. The first kappa shape index (κ1) is 28.6. The summed E-state index contributed by atoms with van der Waals surface area (Å²) in [6.07, 6.45) is 5.70. The molecule has 1 aliphatic carbocycles. The molecule has 2 aromatic rings. The van der Waals surface area contributed by atoms with E-state index in [1.165, 1.54) is 11.6 Å². The van der Waals surface area contributed by atoms with Crippen molar-refractivity contribution in [3.63, 3.8) is 0 Å². The summed E-state index contributed by atoms with van der Waals surface area (Å²) in [5, 5.41) is 9.53. The standard InChI is InChI=1S/C32H40N6O4/c1-4-28(39)38-17-16-37(19-23(38)12-14-33)30-26-11-13-32(29(40-3)25-10-6-5-8-22(25)20-42-32)18-27(26)34-31(35-30)41-21-24-9-7-15-36(24)2/h4-6,8,10,23-24,29H,1,7,9,11-13,15-21H2,2-3H3/t23?,24?,29?,32-/m1/s1. The number of carbonyl (C=O) groups is 1. The number of rotatable bonds is 7. The lowest BCUT2D eigenvalue weighted by Crippen LogP contribution is -2.55. The third kappa shape index (κ3) is 5.26. The van der Waals surface area contributed by atoms with Crippen LogP contribution in [0.1, 0.15) is 54.2 Å². The van der Waals surface area contributed by atoms with Gasteiger partial charge in [0, 0.05) is 44.8 Å². The number of amides is 1. The van der Waals surface area contributed by atoms with Crippen LogP contribution in [0.5, 0.6) is 6.01 Å². The number of aromatic nitrogens is 2. The first-order chi connectivity index (χ1) is 20.5. The van der Waals surface area contributed by atoms with E-state index >= 15 is 0 Å². The van der Waals surface area contributed by atoms with E-state index in [1.54, 1.807) is 12.0 Å². The number of nitrogens with zero attached hydrogens (tertiary/aromatic N) is 6. The molecule has 2 fully saturated rings. The fraction of sp³-hybridized carbons (Fsp3) is 0.562. The van der Waals surface area contributed by atoms with Crippen LogP contribution in [0.3, 0.4) is 0 Å². The highest BCUT2D eigenvalue weighted by atomic mass is 16.5. The Hall–Kier alpha value is -3.52. The number of likely N-dealkylation sites (tertiary alicyclic amines) is 1. The average Bonchev–Trinajstić information content (AvgIpc) is 3.43. The molecule has 4 heterocycles. The Bertz CT molecular complexity index is 1380. The van der Waals surface area contributed by atoms with Gasteiger partial charge in [0.05, 0.1) is 30.8 Å². The number of methoxy groups -OCH3 is 1. The fourth-order valence-corrected chi connectivity index (χ4v) is 7.22. The molecule has 10 nitrogen and oxygen atoms in total. The Morgan fingerprint density at radius 1 is 1.26 bits per heavy atom. The number of ether oxygens (including phenoxy) is 3. The summed E-state index contributed by atoms with van der Waals surface area (Å²) >= 11 is 0. The Morgan fingerprint density at radius 3 is 2.88 bits per heavy atom. The SMILES string of the molecule is C=CC(=O)N1CCN(c2nc(OCC3CCCN3C)nc3c2CC[C@]2(C3)OCc3ccccc3C2OC)CC1CC#N. The second-order valence-electron chi connectivity index (χ2n) is 11.9. The zero-order chi connectivity index (χ0) is 29.3. The zero-order valence-corrected chi connectivity index (χ0v) is 24.6. The van der Waals surface area contributed by atoms with Gasteiger partial charge in [0.1, 0.15) is 24.1 Å². The van der Waals surface area contributed by atoms with Crippen molar-refractivity contribution in [3.05, 3.63) is 59.3 Å². The van der Waals surface area contributed by atoms with E-state index in [9.17, 15) is 10.1 Å². The second kappa shape index (κ2) is 12.0. The molecule has 0 bridgehead atoms. The molecule has 1 aromatic carbocycles. The van der Waals surface area contributed by atoms with Gasteiger partial charge < -0.3 is 28.9 Å². The topological polar surface area (TPSA) is 104 Å². The van der Waals surface area contributed by atoms with Gasteiger partial charge in [-0.1, -0.05) is 30.8 Å². The molecule has 42 heavy (non-hydrogen) atoms. The van der Waals surface area contributed by atoms with Crippen molar-refractivity contribution in [2.45, 2.75) is 68.9 Å². The maximum Gasteiger partial charge on any atom is 0.318 e. The van der Waals surface area contributed by atoms with Crippen LogP contribution in [0.15, 0.2) is 36.9 Å². The second-order valence-corrected chi connectivity index (χ2v) is 11.9. The highest BCUT2D eigenvalue weighted by molar-refractivity contribution is 5.87. The molecule has 2 saturated heterocycles. The van der Waals surface area contributed by atoms with Crippen LogP contribution in [0.2, 0.25) is 0 Å². The number of likely N-dealkylation sites (N-methyl/N-ethyl adjacent to an activating group) is 1. The van der Waals surface area contributed by atoms with Gasteiger partial charge in [-0.25, -0.2) is 0 Å². The van der Waals surface area contributed by atoms with Gasteiger partial charge in [0.25, 0.3) is 0 Å². The van der Waals surface area contributed by atoms with E-state index in [0.29, 0.717) is 51.3 Å². The highest BCUT2D eigenvalue weighted by Crippen LogP contribution is 2.48. The van der Waals surface area contributed by atoms with E-state index in [4.69, 9.17) is 24.2 Å². The molecule has 0 N–H and O–H groups in total. The molecule has 10 heteroatoms. The number of hydrogen-bond donors (Lipinski definition) is 0. The number of benzene rings is 1. The van der Waals surface area contributed by atoms with Crippen molar-refractivity contribution >= 4 is 11.7 Å². The Morgan fingerprint density at radius 2 is 2.12 bits per heavy atom. The number of carbonyl (C=O) groups excluding carboxylic acids is 1. The number of fused-ring (bicyclic) bond motifs is 2. The molecule has 0 radical (unpaired) electrons. The third-order valence-electron chi connectivity index (χ3n) is 9.52. The minimum absolute atomic E-state index is 0.147. The lowest BCUT2D eigenvalue weighted by Gasteiger charge is -2.47. The van der Waals surface area contributed by atoms with E-state index < -0.39 is 5.60 Å². The van der Waals surface area contributed by atoms with Crippen molar-refractivity contribution in [1.29, 1.82) is 5.26 Å². The van der Waals surface area contributed by atoms with Crippen molar-refractivity contribution < 1.29 is 19.0 Å². The molecule has 0 saturated carbocycles. The van der Waals surface area contributed by atoms with Gasteiger partial charge in [-0.05, 0) is 56.5 Å². The monoisotopic (exact) mass is 572 g/mol. The Labute approximate surface area is 247 Å². The molecule has 1 spiro atoms. The minimum atomic E-state index is -0.539. The van der Waals surface area contributed by atoms with Gasteiger partial charge in [0.2, 0.25) is 5.91 Å². The van der Waals surface area contributed by atoms with Crippen molar-refractivity contribution in [1.82, 2.24) is 19.8 Å². The molecule has 1 amide bonds. The molecular weight excluding hydrogens is 532 g/mol. The van der Waals surface area contributed by atoms with Crippen LogP contribution in [0.4, 0.5) is 5.82 Å². The van der Waals surface area contributed by atoms with Gasteiger partial charge in [0.15, 0.2) is 0 Å².